The van der Waals surface area contributed by atoms with E-state index in [2.05, 4.69) is 10.6 Å². The Kier molecular flexibility index (Phi) is 4.27. The summed E-state index contributed by atoms with van der Waals surface area (Å²) >= 11 is 0. The summed E-state index contributed by atoms with van der Waals surface area (Å²) in [5.74, 6) is -0.220. The molecule has 0 spiro atoms. The smallest absolute Gasteiger partial charge is 0.319 e. The van der Waals surface area contributed by atoms with E-state index in [1.54, 1.807) is 0 Å². The number of nitrogens with one attached hydrogen (secondary N) is 2. The first-order valence-corrected chi connectivity index (χ1v) is 5.07. The Bertz CT molecular complexity index is 434. The fourth-order valence-corrected chi connectivity index (χ4v) is 1.14. The summed E-state index contributed by atoms with van der Waals surface area (Å²) in [6.45, 7) is 2.38. The molecule has 17 heavy (non-hydrogen) atoms. The van der Waals surface area contributed by atoms with Crippen LogP contribution in [-0.2, 0) is 0 Å². The van der Waals surface area contributed by atoms with Gasteiger partial charge in [-0.3, -0.25) is 10.1 Å². The molecule has 0 aliphatic rings. The van der Waals surface area contributed by atoms with E-state index < -0.39 is 11.0 Å². The molecule has 0 bridgehead atoms. The Morgan fingerprint density at radius 3 is 2.82 bits per heavy atom. The Balaban J connectivity index is 2.79. The molecular weight excluding hydrogens is 226 g/mol. The van der Waals surface area contributed by atoms with Crippen molar-refractivity contribution in [1.29, 1.82) is 0 Å². The molecule has 0 saturated carbocycles. The van der Waals surface area contributed by atoms with Gasteiger partial charge in [0, 0.05) is 18.7 Å². The number of phenolic OH excluding ortho intramolecular Hbond substituents is 1. The van der Waals surface area contributed by atoms with Crippen molar-refractivity contribution in [2.45, 2.75) is 13.3 Å². The predicted octanol–water partition coefficient (Wildman–Crippen LogP) is 1.83. The maximum atomic E-state index is 11.3. The molecule has 0 aromatic heterocycles. The number of hydrogen-bond donors (Lipinski definition) is 3. The molecule has 0 atom stereocenters. The highest BCUT2D eigenvalue weighted by molar-refractivity contribution is 5.91. The van der Waals surface area contributed by atoms with Crippen molar-refractivity contribution in [2.75, 3.05) is 11.9 Å². The van der Waals surface area contributed by atoms with Crippen molar-refractivity contribution in [1.82, 2.24) is 5.32 Å². The summed E-state index contributed by atoms with van der Waals surface area (Å²) in [5.41, 5.74) is -0.193. The van der Waals surface area contributed by atoms with Gasteiger partial charge in [0.15, 0.2) is 0 Å². The highest BCUT2D eigenvalue weighted by atomic mass is 16.6. The SMILES string of the molecule is CCCNC(=O)Nc1cc([N+](=O)[O-])ccc1O. The van der Waals surface area contributed by atoms with Crippen molar-refractivity contribution >= 4 is 17.4 Å². The molecule has 2 amide bonds. The minimum atomic E-state index is -0.603. The topological polar surface area (TPSA) is 104 Å². The second kappa shape index (κ2) is 5.69. The number of carbonyl (C=O) groups excluding carboxylic acids is 1. The zero-order valence-corrected chi connectivity index (χ0v) is 9.27. The molecule has 0 aliphatic heterocycles. The van der Waals surface area contributed by atoms with Crippen molar-refractivity contribution in [3.63, 3.8) is 0 Å². The largest absolute Gasteiger partial charge is 0.506 e. The lowest BCUT2D eigenvalue weighted by Gasteiger charge is -2.07. The maximum absolute atomic E-state index is 11.3. The van der Waals surface area contributed by atoms with Gasteiger partial charge in [-0.1, -0.05) is 6.92 Å². The van der Waals surface area contributed by atoms with E-state index in [9.17, 15) is 20.0 Å². The third kappa shape index (κ3) is 3.63. The summed E-state index contributed by atoms with van der Waals surface area (Å²) in [7, 11) is 0. The monoisotopic (exact) mass is 239 g/mol. The first kappa shape index (κ1) is 12.8. The van der Waals surface area contributed by atoms with Gasteiger partial charge in [-0.05, 0) is 12.5 Å². The molecule has 0 unspecified atom stereocenters. The lowest BCUT2D eigenvalue weighted by molar-refractivity contribution is -0.384. The van der Waals surface area contributed by atoms with Crippen LogP contribution in [0.4, 0.5) is 16.2 Å². The van der Waals surface area contributed by atoms with Gasteiger partial charge >= 0.3 is 6.03 Å². The van der Waals surface area contributed by atoms with Crippen LogP contribution < -0.4 is 10.6 Å². The summed E-state index contributed by atoms with van der Waals surface area (Å²) in [4.78, 5) is 21.2. The molecule has 3 N–H and O–H groups in total. The molecule has 1 aromatic rings. The average molecular weight is 239 g/mol. The molecule has 0 fully saturated rings. The van der Waals surface area contributed by atoms with E-state index in [1.807, 2.05) is 6.92 Å². The number of amides is 2. The zero-order chi connectivity index (χ0) is 12.8. The van der Waals surface area contributed by atoms with Gasteiger partial charge in [0.1, 0.15) is 5.75 Å². The van der Waals surface area contributed by atoms with Gasteiger partial charge in [-0.15, -0.1) is 0 Å². The van der Waals surface area contributed by atoms with Gasteiger partial charge in [0.05, 0.1) is 10.6 Å². The van der Waals surface area contributed by atoms with Gasteiger partial charge < -0.3 is 15.7 Å². The minimum absolute atomic E-state index is 0.00723. The van der Waals surface area contributed by atoms with E-state index in [0.29, 0.717) is 6.54 Å². The highest BCUT2D eigenvalue weighted by Gasteiger charge is 2.11. The number of phenols is 1. The molecule has 7 heteroatoms. The summed E-state index contributed by atoms with van der Waals surface area (Å²) in [6.07, 6.45) is 0.772. The highest BCUT2D eigenvalue weighted by Crippen LogP contribution is 2.27. The van der Waals surface area contributed by atoms with Gasteiger partial charge in [0.2, 0.25) is 0 Å². The van der Waals surface area contributed by atoms with Crippen LogP contribution in [-0.4, -0.2) is 22.6 Å². The number of nitrogens with zero attached hydrogens (tertiary/aromatic N) is 1. The Hall–Kier alpha value is -2.31. The second-order valence-corrected chi connectivity index (χ2v) is 3.34. The lowest BCUT2D eigenvalue weighted by Crippen LogP contribution is -2.29. The standard InChI is InChI=1S/C10H13N3O4/c1-2-5-11-10(15)12-8-6-7(13(16)17)3-4-9(8)14/h3-4,6,14H,2,5H2,1H3,(H2,11,12,15). The van der Waals surface area contributed by atoms with Crippen LogP contribution in [0, 0.1) is 10.1 Å². The molecule has 0 radical (unpaired) electrons. The van der Waals surface area contributed by atoms with Crippen LogP contribution in [0.5, 0.6) is 5.75 Å². The number of non-ortho nitro benzene ring substituents is 1. The van der Waals surface area contributed by atoms with E-state index >= 15 is 0 Å². The third-order valence-electron chi connectivity index (χ3n) is 1.97. The van der Waals surface area contributed by atoms with Crippen molar-refractivity contribution < 1.29 is 14.8 Å². The number of nitro groups is 1. The summed E-state index contributed by atoms with van der Waals surface area (Å²) in [6, 6.07) is 2.90. The third-order valence-corrected chi connectivity index (χ3v) is 1.97. The molecule has 1 aromatic carbocycles. The average Bonchev–Trinajstić information content (AvgIpc) is 2.29. The predicted molar refractivity (Wildman–Crippen MR) is 62.1 cm³/mol. The number of carbonyl (C=O) groups is 1. The van der Waals surface area contributed by atoms with Gasteiger partial charge in [-0.25, -0.2) is 4.79 Å². The number of nitro benzene ring substituents is 1. The van der Waals surface area contributed by atoms with E-state index in [1.165, 1.54) is 0 Å². The van der Waals surface area contributed by atoms with Crippen LogP contribution in [0.1, 0.15) is 13.3 Å². The molecule has 0 aliphatic carbocycles. The molecule has 0 saturated heterocycles. The second-order valence-electron chi connectivity index (χ2n) is 3.34. The first-order valence-electron chi connectivity index (χ1n) is 5.07. The molecule has 0 heterocycles. The van der Waals surface area contributed by atoms with Crippen LogP contribution in [0.15, 0.2) is 18.2 Å². The van der Waals surface area contributed by atoms with E-state index in [0.717, 1.165) is 24.6 Å². The normalized spacial score (nSPS) is 9.71. The van der Waals surface area contributed by atoms with Crippen LogP contribution in [0.25, 0.3) is 0 Å². The van der Waals surface area contributed by atoms with Crippen LogP contribution >= 0.6 is 0 Å². The maximum Gasteiger partial charge on any atom is 0.319 e. The number of urea groups is 1. The zero-order valence-electron chi connectivity index (χ0n) is 9.27. The van der Waals surface area contributed by atoms with Crippen LogP contribution in [0.2, 0.25) is 0 Å². The summed E-state index contributed by atoms with van der Waals surface area (Å²) in [5, 5.41) is 24.8. The number of hydrogen-bond acceptors (Lipinski definition) is 4. The fraction of sp³-hybridized carbons (Fsp3) is 0.300. The Labute approximate surface area is 97.6 Å². The molecule has 1 rings (SSSR count). The van der Waals surface area contributed by atoms with Crippen molar-refractivity contribution in [3.05, 3.63) is 28.3 Å². The van der Waals surface area contributed by atoms with E-state index in [-0.39, 0.29) is 17.1 Å². The number of anilines is 1. The van der Waals surface area contributed by atoms with Crippen molar-refractivity contribution in [3.8, 4) is 5.75 Å². The quantitative estimate of drug-likeness (QED) is 0.423. The molecule has 7 nitrogen and oxygen atoms in total. The lowest BCUT2D eigenvalue weighted by atomic mass is 10.2. The van der Waals surface area contributed by atoms with Gasteiger partial charge in [-0.2, -0.15) is 0 Å². The fourth-order valence-electron chi connectivity index (χ4n) is 1.14. The molecular formula is C10H13N3O4. The number of rotatable bonds is 4. The minimum Gasteiger partial charge on any atom is -0.506 e. The Morgan fingerprint density at radius 2 is 2.24 bits per heavy atom. The first-order chi connectivity index (χ1) is 8.04. The van der Waals surface area contributed by atoms with E-state index in [4.69, 9.17) is 0 Å². The molecule has 92 valence electrons. The number of benzene rings is 1. The number of aromatic hydroxyl groups is 1. The Morgan fingerprint density at radius 1 is 1.53 bits per heavy atom. The van der Waals surface area contributed by atoms with Crippen molar-refractivity contribution in [2.24, 2.45) is 0 Å². The van der Waals surface area contributed by atoms with Crippen LogP contribution in [0.3, 0.4) is 0 Å². The van der Waals surface area contributed by atoms with Gasteiger partial charge in [0.25, 0.3) is 5.69 Å². The summed E-state index contributed by atoms with van der Waals surface area (Å²) < 4.78 is 0.